The summed E-state index contributed by atoms with van der Waals surface area (Å²) in [7, 11) is -3.68. The first-order chi connectivity index (χ1) is 12.6. The molecule has 0 unspecified atom stereocenters. The fraction of sp³-hybridized carbons (Fsp3) is 0.235. The Kier molecular flexibility index (Phi) is 6.17. The highest BCUT2D eigenvalue weighted by molar-refractivity contribution is 7.89. The van der Waals surface area contributed by atoms with Crippen LogP contribution in [0.5, 0.6) is 0 Å². The number of aliphatic hydroxyl groups is 1. The van der Waals surface area contributed by atoms with Gasteiger partial charge in [0.15, 0.2) is 0 Å². The second-order valence-corrected chi connectivity index (χ2v) is 7.98. The minimum atomic E-state index is -3.68. The van der Waals surface area contributed by atoms with Gasteiger partial charge in [0, 0.05) is 18.9 Å². The molecule has 0 spiro atoms. The fourth-order valence-electron chi connectivity index (χ4n) is 2.39. The molecule has 138 valence electrons. The van der Waals surface area contributed by atoms with Gasteiger partial charge in [0.2, 0.25) is 10.0 Å². The number of thiophene rings is 1. The van der Waals surface area contributed by atoms with Gasteiger partial charge in [-0.3, -0.25) is 0 Å². The molecule has 0 amide bonds. The molecule has 0 fully saturated rings. The van der Waals surface area contributed by atoms with E-state index in [4.69, 9.17) is 9.84 Å². The van der Waals surface area contributed by atoms with Gasteiger partial charge in [-0.05, 0) is 52.7 Å². The highest BCUT2D eigenvalue weighted by atomic mass is 32.2. The number of hydrogen-bond donors (Lipinski definition) is 2. The van der Waals surface area contributed by atoms with Gasteiger partial charge in [-0.25, -0.2) is 17.8 Å². The standard InChI is InChI=1S/C17H19N3O4S2/c21-9-10-24-17(14-6-11-25-13-14)12-19-26(22,23)16-4-2-15(3-5-16)20-8-1-7-18-20/h1-8,11,13,17,19,21H,9-10,12H2/t17-/m0/s1. The van der Waals surface area contributed by atoms with E-state index >= 15 is 0 Å². The summed E-state index contributed by atoms with van der Waals surface area (Å²) in [6, 6.07) is 10.1. The van der Waals surface area contributed by atoms with Gasteiger partial charge in [-0.15, -0.1) is 0 Å². The van der Waals surface area contributed by atoms with Crippen LogP contribution < -0.4 is 4.72 Å². The van der Waals surface area contributed by atoms with Crippen LogP contribution in [0.15, 0.2) is 64.4 Å². The molecule has 0 aliphatic carbocycles. The Labute approximate surface area is 155 Å². The normalized spacial score (nSPS) is 13.0. The summed E-state index contributed by atoms with van der Waals surface area (Å²) < 4.78 is 34.9. The average Bonchev–Trinajstić information content (AvgIpc) is 3.36. The molecule has 3 aromatic rings. The van der Waals surface area contributed by atoms with Crippen molar-refractivity contribution in [2.24, 2.45) is 0 Å². The van der Waals surface area contributed by atoms with E-state index in [1.807, 2.05) is 16.8 Å². The van der Waals surface area contributed by atoms with Crippen molar-refractivity contribution in [1.29, 1.82) is 0 Å². The summed E-state index contributed by atoms with van der Waals surface area (Å²) in [5.41, 5.74) is 1.65. The molecule has 0 bridgehead atoms. The van der Waals surface area contributed by atoms with Gasteiger partial charge >= 0.3 is 0 Å². The van der Waals surface area contributed by atoms with Crippen LogP contribution in [0.1, 0.15) is 11.7 Å². The predicted molar refractivity (Wildman–Crippen MR) is 98.9 cm³/mol. The lowest BCUT2D eigenvalue weighted by molar-refractivity contribution is 0.0311. The zero-order valence-electron chi connectivity index (χ0n) is 13.9. The second-order valence-electron chi connectivity index (χ2n) is 5.44. The molecule has 0 aliphatic heterocycles. The quantitative estimate of drug-likeness (QED) is 0.580. The van der Waals surface area contributed by atoms with Crippen molar-refractivity contribution in [1.82, 2.24) is 14.5 Å². The first kappa shape index (κ1) is 18.7. The minimum Gasteiger partial charge on any atom is -0.394 e. The smallest absolute Gasteiger partial charge is 0.240 e. The monoisotopic (exact) mass is 393 g/mol. The number of benzene rings is 1. The Bertz CT molecular complexity index is 892. The minimum absolute atomic E-state index is 0.0833. The van der Waals surface area contributed by atoms with Crippen LogP contribution in [-0.4, -0.2) is 43.1 Å². The number of nitrogens with zero attached hydrogens (tertiary/aromatic N) is 2. The van der Waals surface area contributed by atoms with E-state index in [1.54, 1.807) is 35.3 Å². The summed E-state index contributed by atoms with van der Waals surface area (Å²) in [5.74, 6) is 0. The van der Waals surface area contributed by atoms with Crippen molar-refractivity contribution >= 4 is 21.4 Å². The lowest BCUT2D eigenvalue weighted by Gasteiger charge is -2.17. The zero-order chi connectivity index (χ0) is 18.4. The third-order valence-corrected chi connectivity index (χ3v) is 5.84. The van der Waals surface area contributed by atoms with Crippen molar-refractivity contribution in [3.05, 3.63) is 65.1 Å². The molecule has 9 heteroatoms. The van der Waals surface area contributed by atoms with Crippen molar-refractivity contribution in [2.45, 2.75) is 11.0 Å². The van der Waals surface area contributed by atoms with E-state index in [0.717, 1.165) is 11.3 Å². The first-order valence-corrected chi connectivity index (χ1v) is 10.4. The van der Waals surface area contributed by atoms with Crippen LogP contribution in [-0.2, 0) is 14.8 Å². The Morgan fingerprint density at radius 3 is 2.69 bits per heavy atom. The maximum atomic E-state index is 12.5. The molecule has 1 atom stereocenters. The Balaban J connectivity index is 1.69. The number of aromatic nitrogens is 2. The highest BCUT2D eigenvalue weighted by Gasteiger charge is 2.19. The van der Waals surface area contributed by atoms with Crippen molar-refractivity contribution in [3.8, 4) is 5.69 Å². The van der Waals surface area contributed by atoms with Gasteiger partial charge < -0.3 is 9.84 Å². The molecule has 0 saturated heterocycles. The first-order valence-electron chi connectivity index (χ1n) is 7.94. The molecule has 2 aromatic heterocycles. The van der Waals surface area contributed by atoms with Gasteiger partial charge in [-0.1, -0.05) is 0 Å². The number of hydrogen-bond acceptors (Lipinski definition) is 6. The van der Waals surface area contributed by atoms with Gasteiger partial charge in [-0.2, -0.15) is 16.4 Å². The van der Waals surface area contributed by atoms with E-state index in [-0.39, 0.29) is 24.7 Å². The van der Waals surface area contributed by atoms with Crippen LogP contribution in [0.4, 0.5) is 0 Å². The average molecular weight is 393 g/mol. The van der Waals surface area contributed by atoms with Crippen LogP contribution in [0, 0.1) is 0 Å². The third-order valence-electron chi connectivity index (χ3n) is 3.70. The van der Waals surface area contributed by atoms with E-state index < -0.39 is 16.1 Å². The molecule has 0 radical (unpaired) electrons. The largest absolute Gasteiger partial charge is 0.394 e. The number of nitrogens with one attached hydrogen (secondary N) is 1. The molecule has 2 heterocycles. The molecule has 2 N–H and O–H groups in total. The number of rotatable bonds is 9. The van der Waals surface area contributed by atoms with E-state index in [0.29, 0.717) is 0 Å². The van der Waals surface area contributed by atoms with Gasteiger partial charge in [0.05, 0.1) is 29.9 Å². The zero-order valence-corrected chi connectivity index (χ0v) is 15.5. The van der Waals surface area contributed by atoms with Gasteiger partial charge in [0.25, 0.3) is 0 Å². The topological polar surface area (TPSA) is 93.5 Å². The van der Waals surface area contributed by atoms with E-state index in [2.05, 4.69) is 9.82 Å². The van der Waals surface area contributed by atoms with Crippen molar-refractivity contribution < 1.29 is 18.3 Å². The molecular formula is C17H19N3O4S2. The Morgan fingerprint density at radius 2 is 2.08 bits per heavy atom. The maximum absolute atomic E-state index is 12.5. The lowest BCUT2D eigenvalue weighted by atomic mass is 10.2. The highest BCUT2D eigenvalue weighted by Crippen LogP contribution is 2.20. The van der Waals surface area contributed by atoms with Crippen LogP contribution in [0.25, 0.3) is 5.69 Å². The summed E-state index contributed by atoms with van der Waals surface area (Å²) in [6.07, 6.45) is 2.99. The third kappa shape index (κ3) is 4.57. The molecule has 0 aliphatic rings. The second kappa shape index (κ2) is 8.56. The Hall–Kier alpha value is -2.04. The molecule has 26 heavy (non-hydrogen) atoms. The van der Waals surface area contributed by atoms with Crippen LogP contribution in [0.2, 0.25) is 0 Å². The van der Waals surface area contributed by atoms with Crippen LogP contribution in [0.3, 0.4) is 0 Å². The number of ether oxygens (including phenoxy) is 1. The molecule has 7 nitrogen and oxygen atoms in total. The van der Waals surface area contributed by atoms with Crippen molar-refractivity contribution in [2.75, 3.05) is 19.8 Å². The molecule has 1 aromatic carbocycles. The molecular weight excluding hydrogens is 374 g/mol. The lowest BCUT2D eigenvalue weighted by Crippen LogP contribution is -2.30. The molecule has 0 saturated carbocycles. The SMILES string of the molecule is O=S(=O)(NC[C@H](OCCO)c1ccsc1)c1ccc(-n2cccn2)cc1. The number of sulfonamides is 1. The Morgan fingerprint density at radius 1 is 1.27 bits per heavy atom. The van der Waals surface area contributed by atoms with E-state index in [9.17, 15) is 8.42 Å². The fourth-order valence-corrected chi connectivity index (χ4v) is 4.13. The summed E-state index contributed by atoms with van der Waals surface area (Å²) >= 11 is 1.50. The maximum Gasteiger partial charge on any atom is 0.240 e. The van der Waals surface area contributed by atoms with Crippen molar-refractivity contribution in [3.63, 3.8) is 0 Å². The summed E-state index contributed by atoms with van der Waals surface area (Å²) in [4.78, 5) is 0.166. The van der Waals surface area contributed by atoms with Crippen LogP contribution >= 0.6 is 11.3 Å². The predicted octanol–water partition coefficient (Wildman–Crippen LogP) is 1.96. The summed E-state index contributed by atoms with van der Waals surface area (Å²) in [6.45, 7) is 0.100. The number of aliphatic hydroxyl groups excluding tert-OH is 1. The summed E-state index contributed by atoms with van der Waals surface area (Å²) in [5, 5.41) is 16.9. The van der Waals surface area contributed by atoms with Gasteiger partial charge in [0.1, 0.15) is 0 Å². The molecule has 3 rings (SSSR count). The van der Waals surface area contributed by atoms with E-state index in [1.165, 1.54) is 23.5 Å².